The Morgan fingerprint density at radius 1 is 1.09 bits per heavy atom. The van der Waals surface area contributed by atoms with E-state index >= 15 is 0 Å². The lowest BCUT2D eigenvalue weighted by atomic mass is 10.1. The summed E-state index contributed by atoms with van der Waals surface area (Å²) in [5, 5.41) is 21.4. The topological polar surface area (TPSA) is 91.6 Å². The number of carbonyl (C=O) groups is 1. The van der Waals surface area contributed by atoms with E-state index in [1.165, 1.54) is 42.5 Å². The second kappa shape index (κ2) is 10.6. The first kappa shape index (κ1) is 22.4. The molecule has 0 aromatic heterocycles. The maximum absolute atomic E-state index is 13.4. The summed E-state index contributed by atoms with van der Waals surface area (Å²) in [7, 11) is 0. The van der Waals surface area contributed by atoms with Crippen molar-refractivity contribution in [2.75, 3.05) is 11.9 Å². The van der Waals surface area contributed by atoms with Gasteiger partial charge in [-0.1, -0.05) is 18.2 Å². The van der Waals surface area contributed by atoms with Crippen LogP contribution >= 0.6 is 0 Å². The van der Waals surface area contributed by atoms with Crippen LogP contribution in [0.1, 0.15) is 18.1 Å². The molecule has 0 saturated carbocycles. The molecule has 0 bridgehead atoms. The molecule has 162 valence electrons. The quantitative estimate of drug-likeness (QED) is 0.295. The molecule has 3 rings (SSSR count). The van der Waals surface area contributed by atoms with Gasteiger partial charge in [0.25, 0.3) is 5.91 Å². The van der Waals surface area contributed by atoms with Gasteiger partial charge in [0.2, 0.25) is 0 Å². The Labute approximate surface area is 185 Å². The van der Waals surface area contributed by atoms with E-state index in [0.717, 1.165) is 0 Å². The molecule has 0 unspecified atom stereocenters. The van der Waals surface area contributed by atoms with E-state index in [9.17, 15) is 19.6 Å². The van der Waals surface area contributed by atoms with Crippen molar-refractivity contribution < 1.29 is 23.8 Å². The molecule has 32 heavy (non-hydrogen) atoms. The summed E-state index contributed by atoms with van der Waals surface area (Å²) in [6, 6.07) is 19.0. The molecule has 0 fully saturated rings. The molecule has 3 aromatic rings. The van der Waals surface area contributed by atoms with Crippen LogP contribution in [0.2, 0.25) is 0 Å². The van der Waals surface area contributed by atoms with Crippen molar-refractivity contribution >= 4 is 17.7 Å². The van der Waals surface area contributed by atoms with E-state index in [-0.39, 0.29) is 23.7 Å². The molecule has 0 heterocycles. The van der Waals surface area contributed by atoms with E-state index in [1.807, 2.05) is 13.0 Å². The molecule has 2 N–H and O–H groups in total. The Morgan fingerprint density at radius 3 is 2.56 bits per heavy atom. The van der Waals surface area contributed by atoms with Gasteiger partial charge in [0.15, 0.2) is 11.5 Å². The first-order valence-electron chi connectivity index (χ1n) is 9.84. The Kier molecular flexibility index (Phi) is 7.44. The molecule has 0 aliphatic heterocycles. The van der Waals surface area contributed by atoms with Crippen LogP contribution < -0.4 is 14.8 Å². The molecule has 0 saturated heterocycles. The molecule has 0 aliphatic rings. The van der Waals surface area contributed by atoms with Gasteiger partial charge in [0.05, 0.1) is 6.61 Å². The monoisotopic (exact) mass is 432 g/mol. The largest absolute Gasteiger partial charge is 0.508 e. The number of halogens is 1. The van der Waals surface area contributed by atoms with Crippen molar-refractivity contribution in [2.24, 2.45) is 0 Å². The third-order valence-corrected chi connectivity index (χ3v) is 4.35. The summed E-state index contributed by atoms with van der Waals surface area (Å²) in [5.74, 6) is 0.0465. The van der Waals surface area contributed by atoms with E-state index in [4.69, 9.17) is 9.47 Å². The fourth-order valence-electron chi connectivity index (χ4n) is 2.85. The van der Waals surface area contributed by atoms with Crippen LogP contribution in [0.5, 0.6) is 17.2 Å². The van der Waals surface area contributed by atoms with Crippen molar-refractivity contribution in [3.63, 3.8) is 0 Å². The Bertz CT molecular complexity index is 1170. The lowest BCUT2D eigenvalue weighted by molar-refractivity contribution is -0.112. The molecular weight excluding hydrogens is 411 g/mol. The summed E-state index contributed by atoms with van der Waals surface area (Å²) in [5.41, 5.74) is 1.59. The second-order valence-electron chi connectivity index (χ2n) is 6.73. The molecular formula is C25H21FN2O4. The first-order valence-corrected chi connectivity index (χ1v) is 9.84. The van der Waals surface area contributed by atoms with E-state index in [2.05, 4.69) is 5.32 Å². The number of carbonyl (C=O) groups excluding carboxylic acids is 1. The maximum Gasteiger partial charge on any atom is 0.266 e. The van der Waals surface area contributed by atoms with Crippen molar-refractivity contribution in [3.05, 3.63) is 89.2 Å². The minimum atomic E-state index is -0.581. The van der Waals surface area contributed by atoms with Gasteiger partial charge < -0.3 is 19.9 Å². The van der Waals surface area contributed by atoms with Crippen LogP contribution in [-0.4, -0.2) is 17.6 Å². The summed E-state index contributed by atoms with van der Waals surface area (Å²) in [4.78, 5) is 12.4. The highest BCUT2D eigenvalue weighted by atomic mass is 19.1. The average molecular weight is 432 g/mol. The molecule has 0 radical (unpaired) electrons. The lowest BCUT2D eigenvalue weighted by Gasteiger charge is -2.13. The van der Waals surface area contributed by atoms with Crippen LogP contribution in [0.4, 0.5) is 10.1 Å². The number of amides is 1. The number of nitrogens with one attached hydrogen (secondary N) is 1. The van der Waals surface area contributed by atoms with Crippen molar-refractivity contribution in [2.45, 2.75) is 13.5 Å². The minimum Gasteiger partial charge on any atom is -0.508 e. The Hall–Kier alpha value is -4.31. The van der Waals surface area contributed by atoms with Crippen molar-refractivity contribution in [1.29, 1.82) is 5.26 Å². The highest BCUT2D eigenvalue weighted by molar-refractivity contribution is 6.09. The summed E-state index contributed by atoms with van der Waals surface area (Å²) < 4.78 is 24.8. The number of hydrogen-bond acceptors (Lipinski definition) is 5. The molecule has 0 aliphatic carbocycles. The number of nitriles is 1. The standard InChI is InChI=1S/C25H21FN2O4/c1-2-31-24-14-17(6-11-23(24)32-16-18-4-3-5-20(26)13-18)12-19(15-27)25(30)28-21-7-9-22(29)10-8-21/h3-14,29H,2,16H2,1H3,(H,28,30)/b19-12+. The molecule has 3 aromatic carbocycles. The van der Waals surface area contributed by atoms with Crippen molar-refractivity contribution in [1.82, 2.24) is 0 Å². The van der Waals surface area contributed by atoms with Gasteiger partial charge in [0, 0.05) is 5.69 Å². The lowest BCUT2D eigenvalue weighted by Crippen LogP contribution is -2.13. The van der Waals surface area contributed by atoms with Gasteiger partial charge in [-0.25, -0.2) is 4.39 Å². The van der Waals surface area contributed by atoms with Crippen LogP contribution in [0.25, 0.3) is 6.08 Å². The summed E-state index contributed by atoms with van der Waals surface area (Å²) >= 11 is 0. The predicted molar refractivity (Wildman–Crippen MR) is 119 cm³/mol. The number of ether oxygens (including phenoxy) is 2. The van der Waals surface area contributed by atoms with Crippen LogP contribution in [0, 0.1) is 17.1 Å². The van der Waals surface area contributed by atoms with E-state index < -0.39 is 5.91 Å². The number of phenolic OH excluding ortho intramolecular Hbond substituents is 1. The Balaban J connectivity index is 1.77. The average Bonchev–Trinajstić information content (AvgIpc) is 2.78. The number of benzene rings is 3. The fraction of sp³-hybridized carbons (Fsp3) is 0.120. The van der Waals surface area contributed by atoms with Crippen molar-refractivity contribution in [3.8, 4) is 23.3 Å². The molecule has 7 heteroatoms. The number of hydrogen-bond donors (Lipinski definition) is 2. The van der Waals surface area contributed by atoms with Gasteiger partial charge in [-0.05, 0) is 72.7 Å². The number of anilines is 1. The third-order valence-electron chi connectivity index (χ3n) is 4.35. The van der Waals surface area contributed by atoms with Gasteiger partial charge in [-0.3, -0.25) is 4.79 Å². The number of phenols is 1. The zero-order valence-corrected chi connectivity index (χ0v) is 17.3. The zero-order valence-electron chi connectivity index (χ0n) is 17.3. The maximum atomic E-state index is 13.4. The number of aromatic hydroxyl groups is 1. The van der Waals surface area contributed by atoms with E-state index in [0.29, 0.717) is 34.9 Å². The Morgan fingerprint density at radius 2 is 1.88 bits per heavy atom. The van der Waals surface area contributed by atoms with Crippen LogP contribution in [-0.2, 0) is 11.4 Å². The highest BCUT2D eigenvalue weighted by Gasteiger charge is 2.12. The first-order chi connectivity index (χ1) is 15.5. The second-order valence-corrected chi connectivity index (χ2v) is 6.73. The van der Waals surface area contributed by atoms with Gasteiger partial charge in [-0.2, -0.15) is 5.26 Å². The molecule has 1 amide bonds. The fourth-order valence-corrected chi connectivity index (χ4v) is 2.85. The smallest absolute Gasteiger partial charge is 0.266 e. The van der Waals surface area contributed by atoms with E-state index in [1.54, 1.807) is 30.3 Å². The molecule has 6 nitrogen and oxygen atoms in total. The normalized spacial score (nSPS) is 10.8. The minimum absolute atomic E-state index is 0.0715. The highest BCUT2D eigenvalue weighted by Crippen LogP contribution is 2.30. The van der Waals surface area contributed by atoms with Gasteiger partial charge >= 0.3 is 0 Å². The summed E-state index contributed by atoms with van der Waals surface area (Å²) in [6.07, 6.45) is 1.44. The number of rotatable bonds is 8. The SMILES string of the molecule is CCOc1cc(/C=C(\C#N)C(=O)Nc2ccc(O)cc2)ccc1OCc1cccc(F)c1. The molecule has 0 atom stereocenters. The molecule has 0 spiro atoms. The van der Waals surface area contributed by atoms with Crippen LogP contribution in [0.15, 0.2) is 72.3 Å². The zero-order chi connectivity index (χ0) is 22.9. The van der Waals surface area contributed by atoms with Gasteiger partial charge in [0.1, 0.15) is 29.8 Å². The van der Waals surface area contributed by atoms with Gasteiger partial charge in [-0.15, -0.1) is 0 Å². The van der Waals surface area contributed by atoms with Crippen LogP contribution in [0.3, 0.4) is 0 Å². The third kappa shape index (κ3) is 6.09. The summed E-state index contributed by atoms with van der Waals surface area (Å²) in [6.45, 7) is 2.37. The number of nitrogens with zero attached hydrogens (tertiary/aromatic N) is 1. The predicted octanol–water partition coefficient (Wildman–Crippen LogP) is 5.05.